The van der Waals surface area contributed by atoms with Crippen molar-refractivity contribution in [2.75, 3.05) is 52.6 Å². The van der Waals surface area contributed by atoms with Crippen LogP contribution >= 0.6 is 69.6 Å². The van der Waals surface area contributed by atoms with Gasteiger partial charge in [0.1, 0.15) is 0 Å². The lowest BCUT2D eigenvalue weighted by Gasteiger charge is -2.63. The summed E-state index contributed by atoms with van der Waals surface area (Å²) in [6.45, 7) is 3.80. The second-order valence-electron chi connectivity index (χ2n) is 26.1. The monoisotopic (exact) mass is 1280 g/mol. The van der Waals surface area contributed by atoms with Crippen molar-refractivity contribution in [3.8, 4) is 0 Å². The summed E-state index contributed by atoms with van der Waals surface area (Å²) in [7, 11) is 0. The zero-order chi connectivity index (χ0) is 60.5. The van der Waals surface area contributed by atoms with Gasteiger partial charge in [0.2, 0.25) is 0 Å². The molecule has 86 heavy (non-hydrogen) atoms. The van der Waals surface area contributed by atoms with Crippen LogP contribution in [0.4, 0.5) is 0 Å². The Morgan fingerprint density at radius 3 is 0.721 bits per heavy atom. The van der Waals surface area contributed by atoms with Gasteiger partial charge in [-0.3, -0.25) is 67.5 Å². The predicted octanol–water partition coefficient (Wildman–Crippen LogP) is 11.4. The standard InChI is InChI=1S/C58H48N4O10.C4H8O2.2CHCl3/c63-45-33-1-5-37-41(11-33)51(69)59(47(37)65)25-55-15-29-9-30(16-55)18-56(17-29,23-55)27-61-49(67)39-7-3-35(13-43(39)53(61)71)46(64)36-4-8-40-44(14-36)54(72)62(50(40)68)28-58-21-31-10-32(22-58)20-57(19-31,24-58)26-60-48(66)38-6-2-34(45)12-42(38)52(60)70;1-2-6-4-3-5-1;2*2-1(3)4/h1-8,11-14,29-32H,9-10,15-28H2;1-4H2;2*1H. The molecule has 4 aromatic rings. The Balaban J connectivity index is 0.000000440. The number of nitrogens with zero attached hydrogens (tertiary/aromatic N) is 4. The first-order valence-electron chi connectivity index (χ1n) is 29.1. The summed E-state index contributed by atoms with van der Waals surface area (Å²) in [6.07, 6.45) is 9.62. The van der Waals surface area contributed by atoms with Crippen molar-refractivity contribution in [1.82, 2.24) is 19.6 Å². The maximum absolute atomic E-state index is 14.4. The summed E-state index contributed by atoms with van der Waals surface area (Å²) in [5, 5.41) is 0. The molecule has 0 N–H and O–H groups in total. The van der Waals surface area contributed by atoms with Crippen LogP contribution in [0.25, 0.3) is 0 Å². The third-order valence-electron chi connectivity index (χ3n) is 20.3. The first-order valence-corrected chi connectivity index (χ1v) is 31.7. The summed E-state index contributed by atoms with van der Waals surface area (Å²) in [4.78, 5) is 148. The number of fused-ring (bicyclic) bond motifs is 8. The maximum atomic E-state index is 14.4. The number of rotatable bonds is 0. The summed E-state index contributed by atoms with van der Waals surface area (Å²) in [5.74, 6) is -3.47. The second-order valence-corrected chi connectivity index (χ2v) is 30.1. The van der Waals surface area contributed by atoms with Gasteiger partial charge >= 0.3 is 0 Å². The highest BCUT2D eigenvalue weighted by atomic mass is 35.6. The number of halogens is 6. The molecule has 4 aromatic carbocycles. The Bertz CT molecular complexity index is 3190. The van der Waals surface area contributed by atoms with E-state index in [1.165, 1.54) is 92.4 Å². The van der Waals surface area contributed by atoms with Crippen molar-refractivity contribution in [2.45, 2.75) is 85.6 Å². The van der Waals surface area contributed by atoms with Gasteiger partial charge in [-0.1, -0.05) is 93.9 Å². The number of ketones is 2. The SMILES string of the molecule is C1COCCO1.ClC(Cl)Cl.ClC(Cl)Cl.O=C1c2ccc3c(c2)C(=O)N(CC24CC5CC(C2)CC(C5)(CN2C(=O)c5ccc(cc5C2=O)C(=O)c2ccc5c(c2)C(=O)N(CC26CC7CC(CC(C7)(CN7C(=O)c8ccc1cc8C7=O)C2)C6)C5=O)C4)C3=O. The summed E-state index contributed by atoms with van der Waals surface area (Å²) in [5.41, 5.74) is 0.249. The average Bonchev–Trinajstić information content (AvgIpc) is 1.04. The van der Waals surface area contributed by atoms with E-state index < -0.39 is 89.1 Å². The summed E-state index contributed by atoms with van der Waals surface area (Å²) in [6, 6.07) is 18.0. The summed E-state index contributed by atoms with van der Waals surface area (Å²) >= 11 is 28.8. The van der Waals surface area contributed by atoms with Gasteiger partial charge in [-0.15, -0.1) is 0 Å². The van der Waals surface area contributed by atoms with E-state index in [1.807, 2.05) is 0 Å². The highest BCUT2D eigenvalue weighted by Gasteiger charge is 2.62. The van der Waals surface area contributed by atoms with Gasteiger partial charge in [-0.2, -0.15) is 0 Å². The van der Waals surface area contributed by atoms with Gasteiger partial charge in [0.25, 0.3) is 47.3 Å². The molecule has 8 amide bonds. The fraction of sp³-hybridized carbons (Fsp3) is 0.469. The number of hydrogen-bond donors (Lipinski definition) is 0. The Hall–Kier alpha value is -5.56. The molecular formula is C64H58Cl6N4O12. The number of ether oxygens (including phenoxy) is 2. The van der Waals surface area contributed by atoms with Crippen molar-refractivity contribution < 1.29 is 57.4 Å². The van der Waals surface area contributed by atoms with Gasteiger partial charge < -0.3 is 9.47 Å². The molecule has 22 heteroatoms. The van der Waals surface area contributed by atoms with Crippen molar-refractivity contribution in [2.24, 2.45) is 45.3 Å². The molecule has 448 valence electrons. The molecule has 4 spiro atoms. The van der Waals surface area contributed by atoms with Crippen LogP contribution in [0.15, 0.2) is 72.8 Å². The van der Waals surface area contributed by atoms with Crippen LogP contribution in [-0.2, 0) is 9.47 Å². The Morgan fingerprint density at radius 2 is 0.523 bits per heavy atom. The quantitative estimate of drug-likeness (QED) is 0.119. The number of hydrogen-bond acceptors (Lipinski definition) is 12. The molecule has 0 aromatic heterocycles. The minimum absolute atomic E-state index is 0.128. The van der Waals surface area contributed by atoms with Crippen molar-refractivity contribution >= 4 is 128 Å². The van der Waals surface area contributed by atoms with Gasteiger partial charge in [0.15, 0.2) is 20.2 Å². The van der Waals surface area contributed by atoms with Crippen LogP contribution in [0.3, 0.4) is 0 Å². The normalized spacial score (nSPS) is 30.7. The Labute approximate surface area is 525 Å². The van der Waals surface area contributed by atoms with E-state index in [9.17, 15) is 47.9 Å². The minimum atomic E-state index is -0.750. The van der Waals surface area contributed by atoms with Crippen LogP contribution in [0, 0.1) is 45.3 Å². The van der Waals surface area contributed by atoms with Crippen LogP contribution in [0.2, 0.25) is 0 Å². The predicted molar refractivity (Wildman–Crippen MR) is 318 cm³/mol. The zero-order valence-electron chi connectivity index (χ0n) is 46.5. The van der Waals surface area contributed by atoms with E-state index in [0.29, 0.717) is 12.8 Å². The summed E-state index contributed by atoms with van der Waals surface area (Å²) < 4.78 is 8.39. The molecule has 1 saturated heterocycles. The van der Waals surface area contributed by atoms with E-state index in [4.69, 9.17) is 79.1 Å². The van der Waals surface area contributed by atoms with Crippen molar-refractivity contribution in [3.05, 3.63) is 140 Å². The van der Waals surface area contributed by atoms with E-state index in [-0.39, 0.29) is 117 Å². The number of amides is 8. The number of carbonyl (C=O) groups is 10. The molecule has 9 fully saturated rings. The first-order chi connectivity index (χ1) is 41.0. The van der Waals surface area contributed by atoms with E-state index in [1.54, 1.807) is 0 Å². The third-order valence-corrected chi connectivity index (χ3v) is 20.3. The fourth-order valence-corrected chi connectivity index (χ4v) is 18.5. The molecule has 20 bridgehead atoms. The molecule has 0 radical (unpaired) electrons. The van der Waals surface area contributed by atoms with E-state index >= 15 is 0 Å². The van der Waals surface area contributed by atoms with Crippen molar-refractivity contribution in [1.29, 1.82) is 0 Å². The Morgan fingerprint density at radius 1 is 0.326 bits per heavy atom. The molecule has 8 aliphatic carbocycles. The largest absolute Gasteiger partial charge is 0.377 e. The van der Waals surface area contributed by atoms with Gasteiger partial charge in [0.05, 0.1) is 70.9 Å². The average molecular weight is 1290 g/mol. The van der Waals surface area contributed by atoms with Gasteiger partial charge in [-0.05, 0) is 171 Å². The maximum Gasteiger partial charge on any atom is 0.261 e. The van der Waals surface area contributed by atoms with Crippen molar-refractivity contribution in [3.63, 3.8) is 0 Å². The van der Waals surface area contributed by atoms with Crippen LogP contribution in [0.5, 0.6) is 0 Å². The lowest BCUT2D eigenvalue weighted by Crippen LogP contribution is -2.59. The molecule has 6 heterocycles. The van der Waals surface area contributed by atoms with Gasteiger partial charge in [-0.25, -0.2) is 0 Å². The Kier molecular flexibility index (Phi) is 15.3. The van der Waals surface area contributed by atoms with Crippen LogP contribution < -0.4 is 0 Å². The molecule has 6 aliphatic heterocycles. The first kappa shape index (κ1) is 59.4. The minimum Gasteiger partial charge on any atom is -0.377 e. The number of benzene rings is 4. The van der Waals surface area contributed by atoms with Crippen LogP contribution in [0.1, 0.15) is 192 Å². The van der Waals surface area contributed by atoms with Crippen LogP contribution in [-0.4, -0.2) is 140 Å². The van der Waals surface area contributed by atoms with E-state index in [2.05, 4.69) is 0 Å². The topological polar surface area (TPSA) is 202 Å². The number of carbonyl (C=O) groups excluding carboxylic acids is 10. The molecule has 0 unspecified atom stereocenters. The smallest absolute Gasteiger partial charge is 0.261 e. The lowest BCUT2D eigenvalue weighted by atomic mass is 9.44. The highest BCUT2D eigenvalue weighted by molar-refractivity contribution is 6.63. The molecule has 8 saturated carbocycles. The number of alkyl halides is 6. The fourth-order valence-electron chi connectivity index (χ4n) is 18.5. The third kappa shape index (κ3) is 10.4. The second kappa shape index (κ2) is 22.2. The number of imide groups is 4. The lowest BCUT2D eigenvalue weighted by molar-refractivity contribution is -0.120. The molecular weight excluding hydrogens is 1230 g/mol. The molecule has 0 atom stereocenters. The zero-order valence-corrected chi connectivity index (χ0v) is 51.0. The molecule has 18 rings (SSSR count). The van der Waals surface area contributed by atoms with Gasteiger partial charge in [0, 0.05) is 48.4 Å². The molecule has 16 nitrogen and oxygen atoms in total. The molecule has 14 aliphatic rings. The highest BCUT2D eigenvalue weighted by Crippen LogP contribution is 2.67. The van der Waals surface area contributed by atoms with E-state index in [0.717, 1.165) is 90.6 Å².